The minimum atomic E-state index is -2.09. The summed E-state index contributed by atoms with van der Waals surface area (Å²) in [6, 6.07) is 0.573. The van der Waals surface area contributed by atoms with E-state index < -0.39 is 16.6 Å². The van der Waals surface area contributed by atoms with Gasteiger partial charge in [-0.05, 0) is 55.4 Å². The molecule has 0 unspecified atom stereocenters. The highest BCUT2D eigenvalue weighted by atomic mass is 32.2. The smallest absolute Gasteiger partial charge is 0.308 e. The van der Waals surface area contributed by atoms with Crippen LogP contribution in [0, 0.1) is 0 Å². The molecule has 34 heavy (non-hydrogen) atoms. The summed E-state index contributed by atoms with van der Waals surface area (Å²) in [6.07, 6.45) is 9.98. The number of fused-ring (bicyclic) bond motifs is 1. The summed E-state index contributed by atoms with van der Waals surface area (Å²) in [4.78, 5) is 9.72. The van der Waals surface area contributed by atoms with Crippen LogP contribution in [-0.2, 0) is 9.84 Å². The van der Waals surface area contributed by atoms with Gasteiger partial charge in [-0.2, -0.15) is 14.6 Å². The molecule has 2 heterocycles. The van der Waals surface area contributed by atoms with Gasteiger partial charge >= 0.3 is 6.01 Å². The maximum atomic E-state index is 6.85. The van der Waals surface area contributed by atoms with Gasteiger partial charge in [-0.1, -0.05) is 72.6 Å². The number of rotatable bonds is 7. The average Bonchev–Trinajstić information content (AvgIpc) is 3.16. The van der Waals surface area contributed by atoms with E-state index in [0.29, 0.717) is 6.01 Å². The standard InChI is InChI=1S/C25H46N4O2SSi2/c1-23(2,3)33(8,9)30-18-25(15-13-12-14-16-25)19-17-26-29-20(19)27-21(32-7)28-22(29)31-34(10,11)24(4,5)6/h17H,12-16,18H2,1-11H3. The third kappa shape index (κ3) is 5.42. The van der Waals surface area contributed by atoms with Crippen LogP contribution < -0.4 is 4.43 Å². The molecule has 9 heteroatoms. The molecule has 1 aliphatic rings. The molecule has 0 spiro atoms. The Kier molecular flexibility index (Phi) is 7.75. The average molecular weight is 523 g/mol. The molecule has 0 bridgehead atoms. The van der Waals surface area contributed by atoms with E-state index in [-0.39, 0.29) is 15.5 Å². The van der Waals surface area contributed by atoms with Crippen LogP contribution >= 0.6 is 11.8 Å². The van der Waals surface area contributed by atoms with Gasteiger partial charge in [0.25, 0.3) is 8.32 Å². The van der Waals surface area contributed by atoms with Crippen LogP contribution in [0.1, 0.15) is 79.2 Å². The maximum absolute atomic E-state index is 6.85. The molecule has 1 saturated carbocycles. The highest BCUT2D eigenvalue weighted by Crippen LogP contribution is 2.45. The molecule has 0 aromatic carbocycles. The third-order valence-electron chi connectivity index (χ3n) is 8.55. The fourth-order valence-electron chi connectivity index (χ4n) is 4.00. The van der Waals surface area contributed by atoms with E-state index in [4.69, 9.17) is 23.9 Å². The van der Waals surface area contributed by atoms with Crippen LogP contribution in [0.5, 0.6) is 6.01 Å². The van der Waals surface area contributed by atoms with Crippen molar-refractivity contribution >= 4 is 34.0 Å². The van der Waals surface area contributed by atoms with Crippen molar-refractivity contribution in [2.75, 3.05) is 12.9 Å². The fraction of sp³-hybridized carbons (Fsp3) is 0.800. The summed E-state index contributed by atoms with van der Waals surface area (Å²) < 4.78 is 15.4. The summed E-state index contributed by atoms with van der Waals surface area (Å²) in [5.74, 6) is 0. The zero-order valence-electron chi connectivity index (χ0n) is 23.3. The van der Waals surface area contributed by atoms with E-state index in [1.165, 1.54) is 24.8 Å². The number of hydrogen-bond acceptors (Lipinski definition) is 6. The predicted octanol–water partition coefficient (Wildman–Crippen LogP) is 7.45. The molecule has 0 atom stereocenters. The molecule has 0 amide bonds. The minimum absolute atomic E-state index is 0.0617. The van der Waals surface area contributed by atoms with Gasteiger partial charge in [0.15, 0.2) is 19.1 Å². The normalized spacial score (nSPS) is 17.9. The summed E-state index contributed by atoms with van der Waals surface area (Å²) in [5.41, 5.74) is 2.02. The number of aromatic nitrogens is 4. The summed E-state index contributed by atoms with van der Waals surface area (Å²) in [6.45, 7) is 23.6. The molecular formula is C25H46N4O2SSi2. The molecule has 0 radical (unpaired) electrons. The molecule has 2 aromatic rings. The predicted molar refractivity (Wildman–Crippen MR) is 148 cm³/mol. The highest BCUT2D eigenvalue weighted by molar-refractivity contribution is 7.98. The van der Waals surface area contributed by atoms with Crippen LogP contribution in [0.25, 0.3) is 5.65 Å². The van der Waals surface area contributed by atoms with Crippen molar-refractivity contribution in [3.63, 3.8) is 0 Å². The lowest BCUT2D eigenvalue weighted by atomic mass is 9.71. The van der Waals surface area contributed by atoms with Crippen molar-refractivity contribution in [1.82, 2.24) is 19.6 Å². The quantitative estimate of drug-likeness (QED) is 0.278. The van der Waals surface area contributed by atoms with Gasteiger partial charge in [-0.3, -0.25) is 0 Å². The van der Waals surface area contributed by atoms with Crippen LogP contribution in [0.15, 0.2) is 11.4 Å². The molecule has 1 fully saturated rings. The SMILES string of the molecule is CSc1nc(O[Si](C)(C)C(C)(C)C)n2ncc(C3(CO[Si](C)(C)C(C)(C)C)CCCCC3)c2n1. The largest absolute Gasteiger partial charge is 0.517 e. The third-order valence-corrected chi connectivity index (χ3v) is 17.9. The summed E-state index contributed by atoms with van der Waals surface area (Å²) in [5, 5.41) is 5.80. The van der Waals surface area contributed by atoms with E-state index >= 15 is 0 Å². The monoisotopic (exact) mass is 522 g/mol. The van der Waals surface area contributed by atoms with Crippen molar-refractivity contribution in [2.45, 2.75) is 120 Å². The Morgan fingerprint density at radius 1 is 0.941 bits per heavy atom. The van der Waals surface area contributed by atoms with E-state index in [2.05, 4.69) is 67.7 Å². The molecule has 0 saturated heterocycles. The minimum Gasteiger partial charge on any atom is -0.517 e. The van der Waals surface area contributed by atoms with Crippen molar-refractivity contribution in [2.24, 2.45) is 0 Å². The van der Waals surface area contributed by atoms with Gasteiger partial charge in [-0.15, -0.1) is 0 Å². The first kappa shape index (κ1) is 27.7. The molecule has 3 rings (SSSR count). The second kappa shape index (κ2) is 9.52. The van der Waals surface area contributed by atoms with Gasteiger partial charge < -0.3 is 8.85 Å². The van der Waals surface area contributed by atoms with Gasteiger partial charge in [0.1, 0.15) is 0 Å². The van der Waals surface area contributed by atoms with Gasteiger partial charge in [0, 0.05) is 17.6 Å². The molecule has 192 valence electrons. The Morgan fingerprint density at radius 2 is 1.53 bits per heavy atom. The molecule has 6 nitrogen and oxygen atoms in total. The lowest BCUT2D eigenvalue weighted by Crippen LogP contribution is -2.46. The van der Waals surface area contributed by atoms with E-state index in [9.17, 15) is 0 Å². The first-order valence-corrected chi connectivity index (χ1v) is 19.7. The van der Waals surface area contributed by atoms with Crippen LogP contribution in [0.4, 0.5) is 0 Å². The van der Waals surface area contributed by atoms with Crippen molar-refractivity contribution in [3.05, 3.63) is 11.8 Å². The zero-order valence-corrected chi connectivity index (χ0v) is 26.2. The summed E-state index contributed by atoms with van der Waals surface area (Å²) in [7, 11) is -3.97. The van der Waals surface area contributed by atoms with Crippen molar-refractivity contribution < 1.29 is 8.85 Å². The summed E-state index contributed by atoms with van der Waals surface area (Å²) >= 11 is 1.56. The second-order valence-corrected chi connectivity index (χ2v) is 23.3. The highest BCUT2D eigenvalue weighted by Gasteiger charge is 2.44. The lowest BCUT2D eigenvalue weighted by molar-refractivity contribution is 0.157. The Hall–Kier alpha value is -0.906. The van der Waals surface area contributed by atoms with E-state index in [1.54, 1.807) is 11.8 Å². The Bertz CT molecular complexity index is 1000. The molecular weight excluding hydrogens is 477 g/mol. The van der Waals surface area contributed by atoms with Crippen molar-refractivity contribution in [3.8, 4) is 6.01 Å². The van der Waals surface area contributed by atoms with Crippen LogP contribution in [0.3, 0.4) is 0 Å². The van der Waals surface area contributed by atoms with Crippen molar-refractivity contribution in [1.29, 1.82) is 0 Å². The van der Waals surface area contributed by atoms with E-state index in [1.807, 2.05) is 17.0 Å². The molecule has 0 aliphatic heterocycles. The first-order valence-electron chi connectivity index (χ1n) is 12.7. The Labute approximate surface area is 213 Å². The fourth-order valence-corrected chi connectivity index (χ4v) is 6.31. The number of nitrogens with zero attached hydrogens (tertiary/aromatic N) is 4. The van der Waals surface area contributed by atoms with Gasteiger partial charge in [-0.25, -0.2) is 4.98 Å². The maximum Gasteiger partial charge on any atom is 0.308 e. The number of thioether (sulfide) groups is 1. The molecule has 2 aromatic heterocycles. The Balaban J connectivity index is 2.09. The van der Waals surface area contributed by atoms with Gasteiger partial charge in [0.2, 0.25) is 0 Å². The zero-order chi connectivity index (χ0) is 25.6. The van der Waals surface area contributed by atoms with E-state index in [0.717, 1.165) is 30.3 Å². The topological polar surface area (TPSA) is 61.5 Å². The van der Waals surface area contributed by atoms with Gasteiger partial charge in [0.05, 0.1) is 6.20 Å². The Morgan fingerprint density at radius 3 is 2.06 bits per heavy atom. The first-order chi connectivity index (χ1) is 15.5. The molecule has 0 N–H and O–H groups in total. The van der Waals surface area contributed by atoms with Crippen LogP contribution in [0.2, 0.25) is 36.3 Å². The van der Waals surface area contributed by atoms with Crippen LogP contribution in [-0.4, -0.2) is 49.1 Å². The lowest BCUT2D eigenvalue weighted by Gasteiger charge is -2.42. The second-order valence-electron chi connectivity index (χ2n) is 13.0. The number of hydrogen-bond donors (Lipinski definition) is 0. The molecule has 1 aliphatic carbocycles.